The minimum atomic E-state index is -2.83. The molecule has 1 aromatic carbocycles. The molecule has 1 amide bonds. The van der Waals surface area contributed by atoms with Crippen molar-refractivity contribution in [2.45, 2.75) is 26.9 Å². The van der Waals surface area contributed by atoms with E-state index in [4.69, 9.17) is 0 Å². The van der Waals surface area contributed by atoms with Gasteiger partial charge in [0.1, 0.15) is 5.75 Å². The Kier molecular flexibility index (Phi) is 5.55. The van der Waals surface area contributed by atoms with Crippen LogP contribution >= 0.6 is 0 Å². The lowest BCUT2D eigenvalue weighted by Crippen LogP contribution is -2.31. The Morgan fingerprint density at radius 2 is 1.78 bits per heavy atom. The van der Waals surface area contributed by atoms with E-state index in [2.05, 4.69) is 4.74 Å². The molecule has 0 unspecified atom stereocenters. The van der Waals surface area contributed by atoms with Crippen molar-refractivity contribution in [2.24, 2.45) is 0 Å². The molecule has 100 valence electrons. The third kappa shape index (κ3) is 4.31. The minimum absolute atomic E-state index is 0.0301. The maximum Gasteiger partial charge on any atom is 0.387 e. The zero-order chi connectivity index (χ0) is 13.5. The number of nitrogens with zero attached hydrogens (tertiary/aromatic N) is 1. The monoisotopic (exact) mass is 257 g/mol. The Bertz CT molecular complexity index is 375. The first-order chi connectivity index (χ1) is 8.56. The third-order valence-corrected chi connectivity index (χ3v) is 2.62. The molecule has 0 atom stereocenters. The van der Waals surface area contributed by atoms with E-state index >= 15 is 0 Å². The van der Waals surface area contributed by atoms with E-state index in [1.807, 2.05) is 13.8 Å². The zero-order valence-corrected chi connectivity index (χ0v) is 10.5. The predicted molar refractivity (Wildman–Crippen MR) is 64.7 cm³/mol. The van der Waals surface area contributed by atoms with Crippen LogP contribution in [0.4, 0.5) is 8.78 Å². The highest BCUT2D eigenvalue weighted by molar-refractivity contribution is 5.78. The summed E-state index contributed by atoms with van der Waals surface area (Å²) >= 11 is 0. The third-order valence-electron chi connectivity index (χ3n) is 2.62. The van der Waals surface area contributed by atoms with Crippen LogP contribution in [0.5, 0.6) is 5.75 Å². The van der Waals surface area contributed by atoms with Crippen LogP contribution in [0.2, 0.25) is 0 Å². The summed E-state index contributed by atoms with van der Waals surface area (Å²) in [4.78, 5) is 13.5. The van der Waals surface area contributed by atoms with Gasteiger partial charge in [0.15, 0.2) is 0 Å². The number of hydrogen-bond acceptors (Lipinski definition) is 2. The number of ether oxygens (including phenoxy) is 1. The largest absolute Gasteiger partial charge is 0.435 e. The van der Waals surface area contributed by atoms with Gasteiger partial charge in [-0.25, -0.2) is 0 Å². The summed E-state index contributed by atoms with van der Waals surface area (Å²) in [7, 11) is 0. The Hall–Kier alpha value is -1.65. The fourth-order valence-electron chi connectivity index (χ4n) is 1.65. The molecule has 0 aliphatic carbocycles. The number of amides is 1. The molecule has 0 spiro atoms. The van der Waals surface area contributed by atoms with E-state index in [1.54, 1.807) is 17.0 Å². The SMILES string of the molecule is CCN(CC)C(=O)Cc1ccc(OC(F)F)cc1. The number of hydrogen-bond donors (Lipinski definition) is 0. The van der Waals surface area contributed by atoms with Crippen molar-refractivity contribution in [3.05, 3.63) is 29.8 Å². The summed E-state index contributed by atoms with van der Waals surface area (Å²) in [6.07, 6.45) is 0.274. The molecule has 18 heavy (non-hydrogen) atoms. The van der Waals surface area contributed by atoms with Gasteiger partial charge in [0.2, 0.25) is 5.91 Å². The lowest BCUT2D eigenvalue weighted by atomic mass is 10.1. The first-order valence-corrected chi connectivity index (χ1v) is 5.88. The van der Waals surface area contributed by atoms with Gasteiger partial charge in [0.25, 0.3) is 0 Å². The quantitative estimate of drug-likeness (QED) is 0.784. The Labute approximate surface area is 105 Å². The lowest BCUT2D eigenvalue weighted by Gasteiger charge is -2.18. The summed E-state index contributed by atoms with van der Waals surface area (Å²) in [5, 5.41) is 0. The smallest absolute Gasteiger partial charge is 0.387 e. The molecule has 0 saturated heterocycles. The van der Waals surface area contributed by atoms with Crippen LogP contribution < -0.4 is 4.74 Å². The van der Waals surface area contributed by atoms with Crippen molar-refractivity contribution in [3.63, 3.8) is 0 Å². The highest BCUT2D eigenvalue weighted by atomic mass is 19.3. The molecule has 0 fully saturated rings. The van der Waals surface area contributed by atoms with Gasteiger partial charge in [0.05, 0.1) is 6.42 Å². The average molecular weight is 257 g/mol. The summed E-state index contributed by atoms with van der Waals surface area (Å²) in [5.74, 6) is 0.131. The molecule has 0 bridgehead atoms. The molecule has 0 saturated carbocycles. The fourth-order valence-corrected chi connectivity index (χ4v) is 1.65. The highest BCUT2D eigenvalue weighted by Crippen LogP contribution is 2.15. The van der Waals surface area contributed by atoms with Gasteiger partial charge >= 0.3 is 6.61 Å². The second-order valence-corrected chi connectivity index (χ2v) is 3.77. The molecule has 0 aliphatic rings. The molecule has 0 aromatic heterocycles. The van der Waals surface area contributed by atoms with Gasteiger partial charge < -0.3 is 9.64 Å². The second kappa shape index (κ2) is 6.93. The molecular formula is C13H17F2NO2. The van der Waals surface area contributed by atoms with E-state index in [1.165, 1.54) is 12.1 Å². The van der Waals surface area contributed by atoms with Crippen LogP contribution in [0, 0.1) is 0 Å². The van der Waals surface area contributed by atoms with Gasteiger partial charge in [-0.3, -0.25) is 4.79 Å². The minimum Gasteiger partial charge on any atom is -0.435 e. The summed E-state index contributed by atoms with van der Waals surface area (Å²) in [6, 6.07) is 6.13. The maximum atomic E-state index is 11.9. The Balaban J connectivity index is 2.60. The number of benzene rings is 1. The zero-order valence-electron chi connectivity index (χ0n) is 10.5. The van der Waals surface area contributed by atoms with Gasteiger partial charge in [-0.15, -0.1) is 0 Å². The number of carbonyl (C=O) groups is 1. The molecule has 5 heteroatoms. The van der Waals surface area contributed by atoms with Crippen molar-refractivity contribution < 1.29 is 18.3 Å². The topological polar surface area (TPSA) is 29.5 Å². The van der Waals surface area contributed by atoms with Crippen LogP contribution in [-0.4, -0.2) is 30.5 Å². The van der Waals surface area contributed by atoms with Crippen LogP contribution in [0.3, 0.4) is 0 Å². The van der Waals surface area contributed by atoms with Crippen molar-refractivity contribution in [3.8, 4) is 5.75 Å². The summed E-state index contributed by atoms with van der Waals surface area (Å²) in [6.45, 7) is 2.35. The molecule has 0 radical (unpaired) electrons. The van der Waals surface area contributed by atoms with E-state index in [9.17, 15) is 13.6 Å². The van der Waals surface area contributed by atoms with Crippen molar-refractivity contribution in [2.75, 3.05) is 13.1 Å². The predicted octanol–water partition coefficient (Wildman–Crippen LogP) is 2.70. The van der Waals surface area contributed by atoms with E-state index < -0.39 is 6.61 Å². The molecule has 3 nitrogen and oxygen atoms in total. The standard InChI is InChI=1S/C13H17F2NO2/c1-3-16(4-2)12(17)9-10-5-7-11(8-6-10)18-13(14)15/h5-8,13H,3-4,9H2,1-2H3. The maximum absolute atomic E-state index is 11.9. The summed E-state index contributed by atoms with van der Waals surface area (Å²) in [5.41, 5.74) is 0.786. The Morgan fingerprint density at radius 1 is 1.22 bits per heavy atom. The van der Waals surface area contributed by atoms with E-state index in [-0.39, 0.29) is 18.1 Å². The Morgan fingerprint density at radius 3 is 2.22 bits per heavy atom. The molecule has 1 rings (SSSR count). The molecule has 0 aliphatic heterocycles. The van der Waals surface area contributed by atoms with E-state index in [0.29, 0.717) is 13.1 Å². The van der Waals surface area contributed by atoms with Crippen LogP contribution in [0.15, 0.2) is 24.3 Å². The van der Waals surface area contributed by atoms with Crippen molar-refractivity contribution in [1.82, 2.24) is 4.90 Å². The molecule has 1 aromatic rings. The van der Waals surface area contributed by atoms with E-state index in [0.717, 1.165) is 5.56 Å². The van der Waals surface area contributed by atoms with Gasteiger partial charge in [-0.2, -0.15) is 8.78 Å². The van der Waals surface area contributed by atoms with Crippen LogP contribution in [-0.2, 0) is 11.2 Å². The number of rotatable bonds is 6. The lowest BCUT2D eigenvalue weighted by molar-refractivity contribution is -0.130. The van der Waals surface area contributed by atoms with Crippen LogP contribution in [0.25, 0.3) is 0 Å². The van der Waals surface area contributed by atoms with Gasteiger partial charge in [-0.05, 0) is 31.5 Å². The first kappa shape index (κ1) is 14.4. The molecule has 0 heterocycles. The van der Waals surface area contributed by atoms with Crippen molar-refractivity contribution in [1.29, 1.82) is 0 Å². The molecular weight excluding hydrogens is 240 g/mol. The van der Waals surface area contributed by atoms with Crippen LogP contribution in [0.1, 0.15) is 19.4 Å². The van der Waals surface area contributed by atoms with Crippen molar-refractivity contribution >= 4 is 5.91 Å². The number of alkyl halides is 2. The fraction of sp³-hybridized carbons (Fsp3) is 0.462. The number of carbonyl (C=O) groups excluding carboxylic acids is 1. The molecule has 0 N–H and O–H groups in total. The summed E-state index contributed by atoms with van der Waals surface area (Å²) < 4.78 is 28.1. The second-order valence-electron chi connectivity index (χ2n) is 3.77. The van der Waals surface area contributed by atoms with Gasteiger partial charge in [-0.1, -0.05) is 12.1 Å². The average Bonchev–Trinajstić information content (AvgIpc) is 2.32. The highest BCUT2D eigenvalue weighted by Gasteiger charge is 2.10. The normalized spacial score (nSPS) is 10.5. The first-order valence-electron chi connectivity index (χ1n) is 5.88. The van der Waals surface area contributed by atoms with Gasteiger partial charge in [0, 0.05) is 13.1 Å². The number of likely N-dealkylation sites (N-methyl/N-ethyl adjacent to an activating group) is 1. The number of halogens is 2.